The highest BCUT2D eigenvalue weighted by molar-refractivity contribution is 5.76. The number of anilines is 1. The van der Waals surface area contributed by atoms with Gasteiger partial charge in [0, 0.05) is 6.42 Å². The van der Waals surface area contributed by atoms with Crippen molar-refractivity contribution < 1.29 is 10.3 Å². The summed E-state index contributed by atoms with van der Waals surface area (Å²) in [5.41, 5.74) is 9.06. The molecule has 1 aromatic rings. The number of nitrogens with two attached hydrogens (primary N) is 1. The fraction of sp³-hybridized carbons (Fsp3) is 0.167. The lowest BCUT2D eigenvalue weighted by atomic mass is 9.95. The monoisotopic (exact) mass is 218 g/mol. The van der Waals surface area contributed by atoms with Gasteiger partial charge in [0.05, 0.1) is 5.69 Å². The Morgan fingerprint density at radius 1 is 1.25 bits per heavy atom. The molecule has 1 atom stereocenters. The Bertz CT molecular complexity index is 433. The van der Waals surface area contributed by atoms with Crippen molar-refractivity contribution in [3.63, 3.8) is 0 Å². The van der Waals surface area contributed by atoms with Crippen LogP contribution in [0.4, 0.5) is 5.69 Å². The molecule has 0 saturated heterocycles. The van der Waals surface area contributed by atoms with E-state index in [2.05, 4.69) is 5.48 Å². The Hall–Kier alpha value is -1.62. The van der Waals surface area contributed by atoms with Gasteiger partial charge >= 0.3 is 0 Å². The molecule has 4 nitrogen and oxygen atoms in total. The van der Waals surface area contributed by atoms with E-state index in [-0.39, 0.29) is 0 Å². The Labute approximate surface area is 93.7 Å². The van der Waals surface area contributed by atoms with Crippen LogP contribution in [-0.2, 0) is 0 Å². The van der Waals surface area contributed by atoms with Crippen LogP contribution in [0.3, 0.4) is 0 Å². The third kappa shape index (κ3) is 2.30. The molecule has 0 saturated carbocycles. The first-order valence-corrected chi connectivity index (χ1v) is 5.02. The fourth-order valence-electron chi connectivity index (χ4n) is 1.59. The van der Waals surface area contributed by atoms with Gasteiger partial charge in [-0.3, -0.25) is 10.7 Å². The first-order valence-electron chi connectivity index (χ1n) is 5.02. The highest BCUT2D eigenvalue weighted by Gasteiger charge is 2.18. The third-order valence-corrected chi connectivity index (χ3v) is 2.55. The maximum atomic E-state index is 9.52. The quantitative estimate of drug-likeness (QED) is 0.448. The van der Waals surface area contributed by atoms with Crippen molar-refractivity contribution in [2.24, 2.45) is 5.73 Å². The van der Waals surface area contributed by atoms with Crippen molar-refractivity contribution in [2.75, 3.05) is 5.48 Å². The zero-order valence-corrected chi connectivity index (χ0v) is 8.72. The second-order valence-electron chi connectivity index (χ2n) is 3.88. The summed E-state index contributed by atoms with van der Waals surface area (Å²) >= 11 is 0. The van der Waals surface area contributed by atoms with Gasteiger partial charge in [0.25, 0.3) is 0 Å². The van der Waals surface area contributed by atoms with E-state index in [1.165, 1.54) is 0 Å². The minimum absolute atomic E-state index is 0.402. The summed E-state index contributed by atoms with van der Waals surface area (Å²) in [4.78, 5) is 0. The average Bonchev–Trinajstić information content (AvgIpc) is 2.29. The molecule has 0 heterocycles. The molecule has 0 amide bonds. The number of hydrogen-bond acceptors (Lipinski definition) is 4. The van der Waals surface area contributed by atoms with Crippen molar-refractivity contribution in [1.82, 2.24) is 0 Å². The molecule has 84 valence electrons. The number of aliphatic hydroxyl groups is 1. The van der Waals surface area contributed by atoms with Crippen molar-refractivity contribution >= 4 is 11.3 Å². The van der Waals surface area contributed by atoms with E-state index in [1.807, 2.05) is 18.2 Å². The van der Waals surface area contributed by atoms with E-state index in [0.717, 1.165) is 11.1 Å². The molecule has 1 unspecified atom stereocenters. The number of allylic oxidation sites excluding steroid dienone is 2. The molecular formula is C12H14N2O2. The molecule has 4 heteroatoms. The molecule has 0 aliphatic heterocycles. The largest absolute Gasteiger partial charge is 0.372 e. The summed E-state index contributed by atoms with van der Waals surface area (Å²) in [7, 11) is 0. The molecule has 0 radical (unpaired) electrons. The molecule has 1 aliphatic rings. The Morgan fingerprint density at radius 3 is 2.44 bits per heavy atom. The van der Waals surface area contributed by atoms with Crippen LogP contribution in [0.25, 0.3) is 5.57 Å². The number of benzene rings is 1. The second-order valence-corrected chi connectivity index (χ2v) is 3.88. The van der Waals surface area contributed by atoms with Crippen LogP contribution in [-0.4, -0.2) is 16.0 Å². The molecular weight excluding hydrogens is 204 g/mol. The van der Waals surface area contributed by atoms with Gasteiger partial charge in [-0.1, -0.05) is 24.3 Å². The normalized spacial score (nSPS) is 24.1. The van der Waals surface area contributed by atoms with Gasteiger partial charge < -0.3 is 10.8 Å². The Morgan fingerprint density at radius 2 is 1.94 bits per heavy atom. The van der Waals surface area contributed by atoms with Crippen molar-refractivity contribution in [3.05, 3.63) is 48.1 Å². The topological polar surface area (TPSA) is 78.5 Å². The predicted octanol–water partition coefficient (Wildman–Crippen LogP) is 1.48. The summed E-state index contributed by atoms with van der Waals surface area (Å²) < 4.78 is 0. The SMILES string of the molecule is NC1(O)C=CC(c2ccc(NO)cc2)=CC1. The molecule has 1 aromatic carbocycles. The molecule has 0 aromatic heterocycles. The van der Waals surface area contributed by atoms with Crippen molar-refractivity contribution in [3.8, 4) is 0 Å². The van der Waals surface area contributed by atoms with Gasteiger partial charge in [0.2, 0.25) is 0 Å². The molecule has 0 spiro atoms. The summed E-state index contributed by atoms with van der Waals surface area (Å²) in [6.45, 7) is 0. The van der Waals surface area contributed by atoms with Crippen molar-refractivity contribution in [1.29, 1.82) is 0 Å². The molecule has 0 fully saturated rings. The minimum atomic E-state index is -1.23. The molecule has 5 N–H and O–H groups in total. The van der Waals surface area contributed by atoms with Crippen molar-refractivity contribution in [2.45, 2.75) is 12.1 Å². The van der Waals surface area contributed by atoms with Crippen LogP contribution in [0.2, 0.25) is 0 Å². The van der Waals surface area contributed by atoms with Gasteiger partial charge in [-0.15, -0.1) is 0 Å². The Kier molecular flexibility index (Phi) is 2.78. The molecule has 2 rings (SSSR count). The maximum absolute atomic E-state index is 9.52. The van der Waals surface area contributed by atoms with Gasteiger partial charge in [-0.25, -0.2) is 0 Å². The first kappa shape index (κ1) is 10.9. The third-order valence-electron chi connectivity index (χ3n) is 2.55. The zero-order valence-electron chi connectivity index (χ0n) is 8.72. The molecule has 1 aliphatic carbocycles. The van der Waals surface area contributed by atoms with Crippen LogP contribution in [0, 0.1) is 0 Å². The van der Waals surface area contributed by atoms with Crippen LogP contribution < -0.4 is 11.2 Å². The summed E-state index contributed by atoms with van der Waals surface area (Å²) in [6, 6.07) is 7.31. The highest BCUT2D eigenvalue weighted by Crippen LogP contribution is 2.24. The van der Waals surface area contributed by atoms with E-state index >= 15 is 0 Å². The lowest BCUT2D eigenvalue weighted by molar-refractivity contribution is 0.101. The fourth-order valence-corrected chi connectivity index (χ4v) is 1.59. The predicted molar refractivity (Wildman–Crippen MR) is 62.7 cm³/mol. The zero-order chi connectivity index (χ0) is 11.6. The number of hydrogen-bond donors (Lipinski definition) is 4. The second kappa shape index (κ2) is 4.09. The number of rotatable bonds is 2. The Balaban J connectivity index is 2.20. The van der Waals surface area contributed by atoms with E-state index in [4.69, 9.17) is 10.9 Å². The van der Waals surface area contributed by atoms with Crippen LogP contribution in [0.15, 0.2) is 42.5 Å². The van der Waals surface area contributed by atoms with Crippen LogP contribution >= 0.6 is 0 Å². The standard InChI is InChI=1S/C12H14N2O2/c13-12(15)7-5-10(6-8-12)9-1-3-11(14-16)4-2-9/h1-7,14-16H,8,13H2. The first-order chi connectivity index (χ1) is 7.61. The van der Waals surface area contributed by atoms with Crippen LogP contribution in [0.1, 0.15) is 12.0 Å². The maximum Gasteiger partial charge on any atom is 0.136 e. The average molecular weight is 218 g/mol. The van der Waals surface area contributed by atoms with Gasteiger partial charge in [0.1, 0.15) is 5.72 Å². The lowest BCUT2D eigenvalue weighted by Crippen LogP contribution is -2.37. The van der Waals surface area contributed by atoms with E-state index in [0.29, 0.717) is 12.1 Å². The van der Waals surface area contributed by atoms with Gasteiger partial charge in [-0.05, 0) is 29.3 Å². The van der Waals surface area contributed by atoms with E-state index in [9.17, 15) is 5.11 Å². The molecule has 0 bridgehead atoms. The lowest BCUT2D eigenvalue weighted by Gasteiger charge is -2.21. The summed E-state index contributed by atoms with van der Waals surface area (Å²) in [5.74, 6) is 0. The summed E-state index contributed by atoms with van der Waals surface area (Å²) in [5, 5.41) is 18.2. The van der Waals surface area contributed by atoms with Crippen LogP contribution in [0.5, 0.6) is 0 Å². The number of nitrogens with one attached hydrogen (secondary N) is 1. The smallest absolute Gasteiger partial charge is 0.136 e. The minimum Gasteiger partial charge on any atom is -0.372 e. The van der Waals surface area contributed by atoms with E-state index < -0.39 is 5.72 Å². The van der Waals surface area contributed by atoms with Gasteiger partial charge in [-0.2, -0.15) is 0 Å². The van der Waals surface area contributed by atoms with Gasteiger partial charge in [0.15, 0.2) is 0 Å². The molecule has 16 heavy (non-hydrogen) atoms. The highest BCUT2D eigenvalue weighted by atomic mass is 16.5. The van der Waals surface area contributed by atoms with E-state index in [1.54, 1.807) is 24.3 Å². The summed E-state index contributed by atoms with van der Waals surface area (Å²) in [6.07, 6.45) is 5.67.